The van der Waals surface area contributed by atoms with E-state index in [1.54, 1.807) is 0 Å². The Balaban J connectivity index is 2.54. The molecule has 0 bridgehead atoms. The first-order chi connectivity index (χ1) is 8.42. The van der Waals surface area contributed by atoms with Gasteiger partial charge in [0.1, 0.15) is 5.75 Å². The number of unbranched alkanes of at least 4 members (excludes halogenated alkanes) is 1. The third-order valence-corrected chi connectivity index (χ3v) is 3.55. The lowest BCUT2D eigenvalue weighted by Crippen LogP contribution is -2.29. The van der Waals surface area contributed by atoms with E-state index in [9.17, 15) is 0 Å². The van der Waals surface area contributed by atoms with Crippen molar-refractivity contribution < 1.29 is 4.43 Å². The molecule has 4 heteroatoms. The molecule has 0 aliphatic rings. The van der Waals surface area contributed by atoms with Crippen LogP contribution in [0.25, 0.3) is 0 Å². The first-order valence-electron chi connectivity index (χ1n) is 6.67. The summed E-state index contributed by atoms with van der Waals surface area (Å²) in [6.45, 7) is 7.29. The van der Waals surface area contributed by atoms with Crippen LogP contribution in [0.2, 0.25) is 19.6 Å². The highest BCUT2D eigenvalue weighted by molar-refractivity contribution is 6.70. The van der Waals surface area contributed by atoms with Crippen LogP contribution in [0.15, 0.2) is 24.3 Å². The van der Waals surface area contributed by atoms with Gasteiger partial charge in [-0.15, -0.1) is 0 Å². The molecule has 0 unspecified atom stereocenters. The molecule has 3 nitrogen and oxygen atoms in total. The average Bonchev–Trinajstić information content (AvgIpc) is 2.28. The Morgan fingerprint density at radius 2 is 1.72 bits per heavy atom. The molecular weight excluding hydrogens is 240 g/mol. The van der Waals surface area contributed by atoms with Gasteiger partial charge >= 0.3 is 0 Å². The lowest BCUT2D eigenvalue weighted by molar-refractivity contribution is 0.555. The van der Waals surface area contributed by atoms with Crippen molar-refractivity contribution in [3.8, 4) is 5.75 Å². The molecule has 0 heterocycles. The molecule has 1 atom stereocenters. The Kier molecular flexibility index (Phi) is 5.85. The summed E-state index contributed by atoms with van der Waals surface area (Å²) in [7, 11) is -1.51. The first-order valence-corrected chi connectivity index (χ1v) is 10.1. The normalized spacial score (nSPS) is 13.4. The van der Waals surface area contributed by atoms with Crippen LogP contribution in [0.1, 0.15) is 30.9 Å². The summed E-state index contributed by atoms with van der Waals surface area (Å²) < 4.78 is 5.92. The molecule has 0 spiro atoms. The van der Waals surface area contributed by atoms with Crippen LogP contribution in [0, 0.1) is 0 Å². The molecule has 0 aromatic heterocycles. The van der Waals surface area contributed by atoms with Crippen LogP contribution in [0.5, 0.6) is 5.75 Å². The van der Waals surface area contributed by atoms with Gasteiger partial charge in [-0.2, -0.15) is 0 Å². The van der Waals surface area contributed by atoms with Gasteiger partial charge in [0.15, 0.2) is 0 Å². The number of rotatable bonds is 7. The minimum absolute atomic E-state index is 0.109. The van der Waals surface area contributed by atoms with Crippen LogP contribution in [-0.2, 0) is 0 Å². The number of hydrogen-bond acceptors (Lipinski definition) is 3. The number of nitrogens with two attached hydrogens (primary N) is 2. The van der Waals surface area contributed by atoms with Crippen LogP contribution >= 0.6 is 0 Å². The average molecular weight is 266 g/mol. The largest absolute Gasteiger partial charge is 0.544 e. The van der Waals surface area contributed by atoms with Crippen molar-refractivity contribution in [1.29, 1.82) is 0 Å². The van der Waals surface area contributed by atoms with Crippen molar-refractivity contribution in [2.45, 2.75) is 44.9 Å². The molecule has 4 N–H and O–H groups in total. The Hall–Kier alpha value is -0.843. The van der Waals surface area contributed by atoms with Crippen LogP contribution in [-0.4, -0.2) is 14.9 Å². The summed E-state index contributed by atoms with van der Waals surface area (Å²) in [5.41, 5.74) is 12.8. The second-order valence-electron chi connectivity index (χ2n) is 5.67. The fourth-order valence-corrected chi connectivity index (χ4v) is 2.66. The van der Waals surface area contributed by atoms with E-state index in [4.69, 9.17) is 15.9 Å². The third-order valence-electron chi connectivity index (χ3n) is 2.70. The molecule has 1 rings (SSSR count). The quantitative estimate of drug-likeness (QED) is 0.589. The lowest BCUT2D eigenvalue weighted by atomic mass is 10.0. The summed E-state index contributed by atoms with van der Waals surface area (Å²) in [5.74, 6) is 0.951. The van der Waals surface area contributed by atoms with E-state index in [2.05, 4.69) is 31.8 Å². The van der Waals surface area contributed by atoms with Gasteiger partial charge in [0.25, 0.3) is 0 Å². The van der Waals surface area contributed by atoms with Crippen molar-refractivity contribution in [3.63, 3.8) is 0 Å². The Morgan fingerprint density at radius 3 is 2.22 bits per heavy atom. The summed E-state index contributed by atoms with van der Waals surface area (Å²) in [6, 6.07) is 8.30. The lowest BCUT2D eigenvalue weighted by Gasteiger charge is -2.20. The van der Waals surface area contributed by atoms with Crippen molar-refractivity contribution in [2.24, 2.45) is 11.5 Å². The maximum atomic E-state index is 6.14. The molecule has 0 aliphatic carbocycles. The summed E-state index contributed by atoms with van der Waals surface area (Å²) in [6.07, 6.45) is 3.13. The van der Waals surface area contributed by atoms with Gasteiger partial charge in [0, 0.05) is 6.04 Å². The third kappa shape index (κ3) is 5.66. The predicted molar refractivity (Wildman–Crippen MR) is 80.2 cm³/mol. The van der Waals surface area contributed by atoms with Gasteiger partial charge in [-0.05, 0) is 56.7 Å². The zero-order valence-electron chi connectivity index (χ0n) is 11.8. The molecule has 102 valence electrons. The van der Waals surface area contributed by atoms with Crippen molar-refractivity contribution in [1.82, 2.24) is 0 Å². The van der Waals surface area contributed by atoms with Gasteiger partial charge in [0.2, 0.25) is 8.32 Å². The van der Waals surface area contributed by atoms with Gasteiger partial charge < -0.3 is 15.9 Å². The van der Waals surface area contributed by atoms with Crippen molar-refractivity contribution >= 4 is 8.32 Å². The van der Waals surface area contributed by atoms with Crippen LogP contribution < -0.4 is 15.9 Å². The molecule has 0 aliphatic heterocycles. The highest BCUT2D eigenvalue weighted by Crippen LogP contribution is 2.21. The molecule has 0 radical (unpaired) electrons. The molecular formula is C14H26N2OSi. The van der Waals surface area contributed by atoms with Gasteiger partial charge in [0.05, 0.1) is 0 Å². The Morgan fingerprint density at radius 1 is 1.11 bits per heavy atom. The smallest absolute Gasteiger partial charge is 0.242 e. The maximum Gasteiger partial charge on any atom is 0.242 e. The maximum absolute atomic E-state index is 6.14. The standard InChI is InChI=1S/C14H26N2OSi/c1-18(2,3)17-13-9-7-12(8-10-13)14(16)6-4-5-11-15/h7-10,14H,4-6,11,15-16H2,1-3H3/t14-/m1/s1. The van der Waals surface area contributed by atoms with E-state index in [-0.39, 0.29) is 6.04 Å². The fourth-order valence-electron chi connectivity index (χ4n) is 1.81. The van der Waals surface area contributed by atoms with E-state index in [1.807, 2.05) is 12.1 Å². The first kappa shape index (κ1) is 15.2. The fraction of sp³-hybridized carbons (Fsp3) is 0.571. The van der Waals surface area contributed by atoms with Crippen LogP contribution in [0.3, 0.4) is 0 Å². The highest BCUT2D eigenvalue weighted by atomic mass is 28.4. The summed E-state index contributed by atoms with van der Waals surface area (Å²) in [5, 5.41) is 0. The van der Waals surface area contributed by atoms with Crippen molar-refractivity contribution in [3.05, 3.63) is 29.8 Å². The molecule has 0 amide bonds. The van der Waals surface area contributed by atoms with Crippen molar-refractivity contribution in [2.75, 3.05) is 6.54 Å². The van der Waals surface area contributed by atoms with Crippen LogP contribution in [0.4, 0.5) is 0 Å². The van der Waals surface area contributed by atoms with E-state index in [1.165, 1.54) is 5.56 Å². The van der Waals surface area contributed by atoms with Gasteiger partial charge in [-0.1, -0.05) is 18.6 Å². The number of benzene rings is 1. The van der Waals surface area contributed by atoms with E-state index < -0.39 is 8.32 Å². The molecule has 0 saturated heterocycles. The van der Waals surface area contributed by atoms with E-state index in [0.29, 0.717) is 0 Å². The molecule has 1 aromatic carbocycles. The Labute approximate surface area is 112 Å². The number of hydrogen-bond donors (Lipinski definition) is 2. The second-order valence-corrected chi connectivity index (χ2v) is 10.1. The van der Waals surface area contributed by atoms with E-state index in [0.717, 1.165) is 31.6 Å². The van der Waals surface area contributed by atoms with Gasteiger partial charge in [-0.25, -0.2) is 0 Å². The summed E-state index contributed by atoms with van der Waals surface area (Å²) >= 11 is 0. The molecule has 0 saturated carbocycles. The predicted octanol–water partition coefficient (Wildman–Crippen LogP) is 3.03. The zero-order chi connectivity index (χ0) is 13.6. The molecule has 1 aromatic rings. The monoisotopic (exact) mass is 266 g/mol. The zero-order valence-corrected chi connectivity index (χ0v) is 12.8. The Bertz CT molecular complexity index is 346. The van der Waals surface area contributed by atoms with E-state index >= 15 is 0 Å². The molecule has 18 heavy (non-hydrogen) atoms. The topological polar surface area (TPSA) is 61.3 Å². The summed E-state index contributed by atoms with van der Waals surface area (Å²) in [4.78, 5) is 0. The second kappa shape index (κ2) is 6.92. The minimum atomic E-state index is -1.51. The molecule has 0 fully saturated rings. The minimum Gasteiger partial charge on any atom is -0.544 e. The van der Waals surface area contributed by atoms with Gasteiger partial charge in [-0.3, -0.25) is 0 Å². The highest BCUT2D eigenvalue weighted by Gasteiger charge is 2.16. The SMILES string of the molecule is C[Si](C)(C)Oc1ccc([C@H](N)CCCCN)cc1.